The Labute approximate surface area is 169 Å². The van der Waals surface area contributed by atoms with E-state index in [1.165, 1.54) is 0 Å². The number of nitrogens with one attached hydrogen (secondary N) is 1. The normalized spacial score (nSPS) is 19.0. The van der Waals surface area contributed by atoms with Crippen molar-refractivity contribution >= 4 is 17.4 Å². The van der Waals surface area contributed by atoms with E-state index in [1.54, 1.807) is 22.8 Å². The second-order valence-corrected chi connectivity index (χ2v) is 8.76. The van der Waals surface area contributed by atoms with Gasteiger partial charge >= 0.3 is 0 Å². The lowest BCUT2D eigenvalue weighted by molar-refractivity contribution is 0.0902. The summed E-state index contributed by atoms with van der Waals surface area (Å²) in [5.74, 6) is -0.453. The molecule has 4 rings (SSSR count). The SMILES string of the molecule is CC1(C)CC(=O)c2cc(O)n(-c3ccc(C(N)=O)c(NC4CCOCC4)c3)c2C1. The minimum Gasteiger partial charge on any atom is -0.494 e. The van der Waals surface area contributed by atoms with Crippen LogP contribution < -0.4 is 11.1 Å². The van der Waals surface area contributed by atoms with Crippen LogP contribution in [0.15, 0.2) is 24.3 Å². The number of Topliss-reactive ketones (excluding diaryl/α,β-unsaturated/α-hetero) is 1. The van der Waals surface area contributed by atoms with Crippen LogP contribution in [0.25, 0.3) is 5.69 Å². The van der Waals surface area contributed by atoms with Gasteiger partial charge in [0.2, 0.25) is 0 Å². The molecule has 0 radical (unpaired) electrons. The molecule has 1 amide bonds. The number of carbonyl (C=O) groups excluding carboxylic acids is 2. The fourth-order valence-corrected chi connectivity index (χ4v) is 4.35. The predicted molar refractivity (Wildman–Crippen MR) is 110 cm³/mol. The molecule has 1 aromatic carbocycles. The maximum Gasteiger partial charge on any atom is 0.250 e. The van der Waals surface area contributed by atoms with Crippen molar-refractivity contribution in [2.75, 3.05) is 18.5 Å². The number of aromatic hydroxyl groups is 1. The number of anilines is 1. The zero-order valence-corrected chi connectivity index (χ0v) is 16.8. The fourth-order valence-electron chi connectivity index (χ4n) is 4.35. The molecule has 2 aromatic rings. The third kappa shape index (κ3) is 3.74. The van der Waals surface area contributed by atoms with Crippen molar-refractivity contribution in [1.82, 2.24) is 4.57 Å². The molecule has 7 heteroatoms. The lowest BCUT2D eigenvalue weighted by Crippen LogP contribution is -2.29. The Morgan fingerprint density at radius 3 is 2.66 bits per heavy atom. The van der Waals surface area contributed by atoms with E-state index in [0.29, 0.717) is 48.6 Å². The van der Waals surface area contributed by atoms with Gasteiger partial charge in [0.25, 0.3) is 5.91 Å². The third-order valence-corrected chi connectivity index (χ3v) is 5.78. The van der Waals surface area contributed by atoms with Gasteiger partial charge in [0.05, 0.1) is 11.3 Å². The number of ether oxygens (including phenoxy) is 1. The van der Waals surface area contributed by atoms with Gasteiger partial charge in [-0.15, -0.1) is 0 Å². The van der Waals surface area contributed by atoms with E-state index >= 15 is 0 Å². The first-order chi connectivity index (χ1) is 13.7. The van der Waals surface area contributed by atoms with Crippen molar-refractivity contribution < 1.29 is 19.4 Å². The summed E-state index contributed by atoms with van der Waals surface area (Å²) in [4.78, 5) is 24.5. The smallest absolute Gasteiger partial charge is 0.250 e. The van der Waals surface area contributed by atoms with Gasteiger partial charge in [-0.2, -0.15) is 0 Å². The molecule has 0 spiro atoms. The third-order valence-electron chi connectivity index (χ3n) is 5.78. The number of carbonyl (C=O) groups is 2. The summed E-state index contributed by atoms with van der Waals surface area (Å²) < 4.78 is 7.11. The van der Waals surface area contributed by atoms with E-state index < -0.39 is 5.91 Å². The average molecular weight is 397 g/mol. The molecule has 1 aliphatic heterocycles. The van der Waals surface area contributed by atoms with Crippen LogP contribution in [-0.2, 0) is 11.2 Å². The number of hydrogen-bond acceptors (Lipinski definition) is 5. The zero-order valence-electron chi connectivity index (χ0n) is 16.8. The number of primary amides is 1. The van der Waals surface area contributed by atoms with Crippen LogP contribution in [-0.4, -0.2) is 40.6 Å². The number of ketones is 1. The Balaban J connectivity index is 1.77. The lowest BCUT2D eigenvalue weighted by Gasteiger charge is -2.30. The lowest BCUT2D eigenvalue weighted by atomic mass is 9.76. The molecular formula is C22H27N3O4. The first-order valence-corrected chi connectivity index (χ1v) is 10.0. The van der Waals surface area contributed by atoms with Crippen molar-refractivity contribution in [3.63, 3.8) is 0 Å². The molecular weight excluding hydrogens is 370 g/mol. The number of nitrogens with zero attached hydrogens (tertiary/aromatic N) is 1. The molecule has 0 atom stereocenters. The highest BCUT2D eigenvalue weighted by atomic mass is 16.5. The number of fused-ring (bicyclic) bond motifs is 1. The Morgan fingerprint density at radius 2 is 1.97 bits per heavy atom. The number of nitrogens with two attached hydrogens (primary N) is 1. The van der Waals surface area contributed by atoms with Crippen LogP contribution in [0.1, 0.15) is 59.5 Å². The minimum atomic E-state index is -0.513. The van der Waals surface area contributed by atoms with Crippen molar-refractivity contribution in [3.8, 4) is 11.6 Å². The second kappa shape index (κ2) is 7.22. The van der Waals surface area contributed by atoms with Crippen LogP contribution in [0, 0.1) is 5.41 Å². The predicted octanol–water partition coefficient (Wildman–Crippen LogP) is 3.03. The zero-order chi connectivity index (χ0) is 20.8. The van der Waals surface area contributed by atoms with E-state index in [1.807, 2.05) is 6.07 Å². The molecule has 29 heavy (non-hydrogen) atoms. The molecule has 0 saturated carbocycles. The summed E-state index contributed by atoms with van der Waals surface area (Å²) >= 11 is 0. The van der Waals surface area contributed by atoms with Gasteiger partial charge in [0, 0.05) is 48.7 Å². The van der Waals surface area contributed by atoms with Gasteiger partial charge in [-0.3, -0.25) is 14.2 Å². The number of hydrogen-bond donors (Lipinski definition) is 3. The summed E-state index contributed by atoms with van der Waals surface area (Å²) in [7, 11) is 0. The molecule has 0 unspecified atom stereocenters. The van der Waals surface area contributed by atoms with E-state index in [2.05, 4.69) is 19.2 Å². The molecule has 2 heterocycles. The molecule has 1 fully saturated rings. The summed E-state index contributed by atoms with van der Waals surface area (Å²) in [6.07, 6.45) is 2.82. The monoisotopic (exact) mass is 397 g/mol. The molecule has 154 valence electrons. The Morgan fingerprint density at radius 1 is 1.24 bits per heavy atom. The van der Waals surface area contributed by atoms with Crippen LogP contribution in [0.3, 0.4) is 0 Å². The number of aromatic nitrogens is 1. The van der Waals surface area contributed by atoms with Gasteiger partial charge in [0.15, 0.2) is 11.7 Å². The van der Waals surface area contributed by atoms with Crippen molar-refractivity contribution in [1.29, 1.82) is 0 Å². The maximum atomic E-state index is 12.6. The summed E-state index contributed by atoms with van der Waals surface area (Å²) in [5, 5.41) is 14.0. The molecule has 2 aliphatic rings. The van der Waals surface area contributed by atoms with Gasteiger partial charge in [-0.25, -0.2) is 0 Å². The van der Waals surface area contributed by atoms with Crippen LogP contribution in [0.4, 0.5) is 5.69 Å². The highest BCUT2D eigenvalue weighted by Gasteiger charge is 2.35. The Kier molecular flexibility index (Phi) is 4.86. The highest BCUT2D eigenvalue weighted by molar-refractivity contribution is 6.00. The molecule has 1 aromatic heterocycles. The standard InChI is InChI=1S/C22H27N3O4/c1-22(2)11-18-16(19(26)12-22)10-20(27)25(18)14-3-4-15(21(23)28)17(9-14)24-13-5-7-29-8-6-13/h3-4,9-10,13,24,27H,5-8,11-12H2,1-2H3,(H2,23,28). The molecule has 4 N–H and O–H groups in total. The summed E-state index contributed by atoms with van der Waals surface area (Å²) in [6.45, 7) is 5.45. The van der Waals surface area contributed by atoms with Crippen molar-refractivity contribution in [3.05, 3.63) is 41.1 Å². The van der Waals surface area contributed by atoms with Gasteiger partial charge in [-0.05, 0) is 42.9 Å². The molecule has 7 nitrogen and oxygen atoms in total. The number of amides is 1. The van der Waals surface area contributed by atoms with Crippen LogP contribution in [0.2, 0.25) is 0 Å². The van der Waals surface area contributed by atoms with Gasteiger partial charge in [0.1, 0.15) is 0 Å². The molecule has 1 aliphatic carbocycles. The Bertz CT molecular complexity index is 971. The first kappa shape index (κ1) is 19.5. The number of benzene rings is 1. The molecule has 0 bridgehead atoms. The minimum absolute atomic E-state index is 0.0184. The van der Waals surface area contributed by atoms with Gasteiger partial charge < -0.3 is 20.9 Å². The fraction of sp³-hybridized carbons (Fsp3) is 0.455. The van der Waals surface area contributed by atoms with E-state index in [0.717, 1.165) is 18.5 Å². The first-order valence-electron chi connectivity index (χ1n) is 10.0. The topological polar surface area (TPSA) is 107 Å². The summed E-state index contributed by atoms with van der Waals surface area (Å²) in [6, 6.07) is 6.97. The van der Waals surface area contributed by atoms with Crippen molar-refractivity contribution in [2.45, 2.75) is 45.6 Å². The molecule has 1 saturated heterocycles. The van der Waals surface area contributed by atoms with Gasteiger partial charge in [-0.1, -0.05) is 13.8 Å². The van der Waals surface area contributed by atoms with Crippen molar-refractivity contribution in [2.24, 2.45) is 11.1 Å². The average Bonchev–Trinajstić information content (AvgIpc) is 2.97. The Hall–Kier alpha value is -2.80. The largest absolute Gasteiger partial charge is 0.494 e. The van der Waals surface area contributed by atoms with E-state index in [4.69, 9.17) is 10.5 Å². The highest BCUT2D eigenvalue weighted by Crippen LogP contribution is 2.40. The van der Waals surface area contributed by atoms with Crippen LogP contribution in [0.5, 0.6) is 5.88 Å². The maximum absolute atomic E-state index is 12.6. The summed E-state index contributed by atoms with van der Waals surface area (Å²) in [5.41, 5.74) is 8.49. The van der Waals surface area contributed by atoms with E-state index in [-0.39, 0.29) is 23.1 Å². The second-order valence-electron chi connectivity index (χ2n) is 8.76. The quantitative estimate of drug-likeness (QED) is 0.735. The number of rotatable bonds is 4. The van der Waals surface area contributed by atoms with Crippen LogP contribution >= 0.6 is 0 Å². The van der Waals surface area contributed by atoms with E-state index in [9.17, 15) is 14.7 Å².